The lowest BCUT2D eigenvalue weighted by Gasteiger charge is -2.13. The monoisotopic (exact) mass is 204 g/mol. The molecular formula is C12H16N2O. The highest BCUT2D eigenvalue weighted by Crippen LogP contribution is 2.27. The normalized spacial score (nSPS) is 15.5. The van der Waals surface area contributed by atoms with E-state index in [0.717, 1.165) is 16.5 Å². The molecule has 0 aliphatic carbocycles. The Hall–Kier alpha value is -1.32. The van der Waals surface area contributed by atoms with Crippen LogP contribution in [0.1, 0.15) is 24.2 Å². The maximum absolute atomic E-state index is 9.93. The molecule has 3 nitrogen and oxygen atoms in total. The molecule has 0 spiro atoms. The molecule has 0 saturated carbocycles. The van der Waals surface area contributed by atoms with Gasteiger partial charge in [-0.05, 0) is 19.4 Å². The maximum Gasteiger partial charge on any atom is 0.0958 e. The number of para-hydroxylation sites is 1. The highest BCUT2D eigenvalue weighted by molar-refractivity contribution is 5.86. The van der Waals surface area contributed by atoms with E-state index in [4.69, 9.17) is 5.73 Å². The van der Waals surface area contributed by atoms with Crippen molar-refractivity contribution in [3.8, 4) is 0 Å². The molecule has 2 rings (SSSR count). The van der Waals surface area contributed by atoms with Crippen LogP contribution in [0.3, 0.4) is 0 Å². The molecule has 1 aromatic carbocycles. The van der Waals surface area contributed by atoms with E-state index in [9.17, 15) is 5.11 Å². The highest BCUT2D eigenvalue weighted by atomic mass is 16.3. The molecule has 4 N–H and O–H groups in total. The molecule has 0 radical (unpaired) electrons. The Bertz CT molecular complexity index is 473. The van der Waals surface area contributed by atoms with E-state index in [1.54, 1.807) is 6.92 Å². The summed E-state index contributed by atoms with van der Waals surface area (Å²) in [6.45, 7) is 3.85. The summed E-state index contributed by atoms with van der Waals surface area (Å²) in [7, 11) is 0. The second-order valence-electron chi connectivity index (χ2n) is 4.05. The Kier molecular flexibility index (Phi) is 2.50. The van der Waals surface area contributed by atoms with E-state index in [2.05, 4.69) is 4.98 Å². The third-order valence-electron chi connectivity index (χ3n) is 2.77. The van der Waals surface area contributed by atoms with Gasteiger partial charge in [-0.3, -0.25) is 0 Å². The number of nitrogens with one attached hydrogen (secondary N) is 1. The van der Waals surface area contributed by atoms with Gasteiger partial charge in [0.1, 0.15) is 0 Å². The van der Waals surface area contributed by atoms with Gasteiger partial charge in [-0.1, -0.05) is 18.2 Å². The summed E-state index contributed by atoms with van der Waals surface area (Å²) in [5.74, 6) is 0. The maximum atomic E-state index is 9.93. The zero-order chi connectivity index (χ0) is 11.0. The van der Waals surface area contributed by atoms with Crippen molar-refractivity contribution >= 4 is 10.9 Å². The van der Waals surface area contributed by atoms with Crippen molar-refractivity contribution in [2.75, 3.05) is 0 Å². The van der Waals surface area contributed by atoms with Gasteiger partial charge >= 0.3 is 0 Å². The van der Waals surface area contributed by atoms with Gasteiger partial charge in [0.15, 0.2) is 0 Å². The third-order valence-corrected chi connectivity index (χ3v) is 2.77. The molecule has 0 saturated heterocycles. The molecule has 80 valence electrons. The summed E-state index contributed by atoms with van der Waals surface area (Å²) in [6.07, 6.45) is 1.23. The number of aliphatic hydroxyl groups excluding tert-OH is 1. The first-order valence-corrected chi connectivity index (χ1v) is 5.11. The fourth-order valence-electron chi connectivity index (χ4n) is 1.86. The Balaban J connectivity index is 2.59. The first kappa shape index (κ1) is 10.2. The van der Waals surface area contributed by atoms with Crippen LogP contribution in [0.15, 0.2) is 24.4 Å². The quantitative estimate of drug-likeness (QED) is 0.699. The average molecular weight is 204 g/mol. The van der Waals surface area contributed by atoms with Crippen LogP contribution in [0, 0.1) is 6.92 Å². The van der Waals surface area contributed by atoms with Gasteiger partial charge in [0.2, 0.25) is 0 Å². The summed E-state index contributed by atoms with van der Waals surface area (Å²) in [6, 6.07) is 5.77. The van der Waals surface area contributed by atoms with Crippen molar-refractivity contribution in [2.45, 2.75) is 26.0 Å². The standard InChI is InChI=1S/C12H16N2O/c1-7-4-3-5-9-10(6-14-11(7)9)12(15)8(2)13/h3-6,8,12,14-15H,13H2,1-2H3. The lowest BCUT2D eigenvalue weighted by atomic mass is 10.0. The predicted molar refractivity (Wildman–Crippen MR) is 61.6 cm³/mol. The molecule has 0 aliphatic rings. The second kappa shape index (κ2) is 3.68. The van der Waals surface area contributed by atoms with Crippen LogP contribution >= 0.6 is 0 Å². The molecule has 0 amide bonds. The first-order valence-electron chi connectivity index (χ1n) is 5.11. The molecule has 1 aromatic heterocycles. The summed E-state index contributed by atoms with van der Waals surface area (Å²) in [5, 5.41) is 11.0. The zero-order valence-corrected chi connectivity index (χ0v) is 8.99. The minimum Gasteiger partial charge on any atom is -0.387 e. The molecule has 0 aliphatic heterocycles. The highest BCUT2D eigenvalue weighted by Gasteiger charge is 2.16. The van der Waals surface area contributed by atoms with Crippen LogP contribution in [-0.4, -0.2) is 16.1 Å². The largest absolute Gasteiger partial charge is 0.387 e. The number of rotatable bonds is 2. The topological polar surface area (TPSA) is 62.0 Å². The van der Waals surface area contributed by atoms with Crippen molar-refractivity contribution in [1.82, 2.24) is 4.98 Å². The van der Waals surface area contributed by atoms with Crippen molar-refractivity contribution < 1.29 is 5.11 Å². The van der Waals surface area contributed by atoms with E-state index < -0.39 is 6.10 Å². The van der Waals surface area contributed by atoms with Gasteiger partial charge < -0.3 is 15.8 Å². The molecule has 2 atom stereocenters. The molecule has 3 heteroatoms. The van der Waals surface area contributed by atoms with E-state index in [0.29, 0.717) is 0 Å². The van der Waals surface area contributed by atoms with Crippen LogP contribution in [0.25, 0.3) is 10.9 Å². The Morgan fingerprint density at radius 2 is 2.13 bits per heavy atom. The van der Waals surface area contributed by atoms with Crippen molar-refractivity contribution in [3.63, 3.8) is 0 Å². The van der Waals surface area contributed by atoms with E-state index in [1.807, 2.05) is 31.3 Å². The Morgan fingerprint density at radius 1 is 1.40 bits per heavy atom. The number of H-pyrrole nitrogens is 1. The summed E-state index contributed by atoms with van der Waals surface area (Å²) in [5.41, 5.74) is 8.82. The number of benzene rings is 1. The van der Waals surface area contributed by atoms with Gasteiger partial charge in [-0.25, -0.2) is 0 Å². The Morgan fingerprint density at radius 3 is 2.80 bits per heavy atom. The second-order valence-corrected chi connectivity index (χ2v) is 4.05. The van der Waals surface area contributed by atoms with Gasteiger partial charge in [-0.15, -0.1) is 0 Å². The number of aromatic nitrogens is 1. The molecule has 15 heavy (non-hydrogen) atoms. The lowest BCUT2D eigenvalue weighted by molar-refractivity contribution is 0.155. The van der Waals surface area contributed by atoms with Crippen LogP contribution in [0.2, 0.25) is 0 Å². The van der Waals surface area contributed by atoms with E-state index in [-0.39, 0.29) is 6.04 Å². The minimum atomic E-state index is -0.611. The van der Waals surface area contributed by atoms with Gasteiger partial charge in [0.05, 0.1) is 6.10 Å². The average Bonchev–Trinajstić information content (AvgIpc) is 2.61. The lowest BCUT2D eigenvalue weighted by Crippen LogP contribution is -2.24. The number of hydrogen-bond donors (Lipinski definition) is 3. The number of hydrogen-bond acceptors (Lipinski definition) is 2. The molecule has 2 aromatic rings. The van der Waals surface area contributed by atoms with Crippen LogP contribution in [-0.2, 0) is 0 Å². The first-order chi connectivity index (χ1) is 7.11. The fourth-order valence-corrected chi connectivity index (χ4v) is 1.86. The summed E-state index contributed by atoms with van der Waals surface area (Å²) >= 11 is 0. The SMILES string of the molecule is Cc1cccc2c(C(O)C(C)N)c[nH]c12. The number of aryl methyl sites for hydroxylation is 1. The van der Waals surface area contributed by atoms with Gasteiger partial charge in [-0.2, -0.15) is 0 Å². The summed E-state index contributed by atoms with van der Waals surface area (Å²) in [4.78, 5) is 3.18. The van der Waals surface area contributed by atoms with Crippen LogP contribution in [0.5, 0.6) is 0 Å². The van der Waals surface area contributed by atoms with E-state index >= 15 is 0 Å². The van der Waals surface area contributed by atoms with Crippen molar-refractivity contribution in [1.29, 1.82) is 0 Å². The zero-order valence-electron chi connectivity index (χ0n) is 8.99. The number of fused-ring (bicyclic) bond motifs is 1. The minimum absolute atomic E-state index is 0.260. The van der Waals surface area contributed by atoms with Crippen molar-refractivity contribution in [3.05, 3.63) is 35.5 Å². The smallest absolute Gasteiger partial charge is 0.0958 e. The number of aliphatic hydroxyl groups is 1. The third kappa shape index (κ3) is 1.64. The van der Waals surface area contributed by atoms with Gasteiger partial charge in [0, 0.05) is 28.7 Å². The van der Waals surface area contributed by atoms with E-state index in [1.165, 1.54) is 5.56 Å². The molecule has 2 unspecified atom stereocenters. The van der Waals surface area contributed by atoms with Crippen LogP contribution < -0.4 is 5.73 Å². The van der Waals surface area contributed by atoms with Gasteiger partial charge in [0.25, 0.3) is 0 Å². The predicted octanol–water partition coefficient (Wildman–Crippen LogP) is 1.86. The van der Waals surface area contributed by atoms with Crippen LogP contribution in [0.4, 0.5) is 0 Å². The molecule has 0 bridgehead atoms. The number of aromatic amines is 1. The van der Waals surface area contributed by atoms with Crippen molar-refractivity contribution in [2.24, 2.45) is 5.73 Å². The molecule has 0 fully saturated rings. The number of nitrogens with two attached hydrogens (primary N) is 1. The fraction of sp³-hybridized carbons (Fsp3) is 0.333. The Labute approximate surface area is 88.9 Å². The molecular weight excluding hydrogens is 188 g/mol. The molecule has 1 heterocycles. The summed E-state index contributed by atoms with van der Waals surface area (Å²) < 4.78 is 0.